The molecule has 2 amide bonds. The molecular weight excluding hydrogens is 202 g/mol. The van der Waals surface area contributed by atoms with Crippen molar-refractivity contribution in [1.29, 1.82) is 0 Å². The molecule has 16 heavy (non-hydrogen) atoms. The lowest BCUT2D eigenvalue weighted by atomic mass is 9.79. The minimum Gasteiger partial charge on any atom is -0.335 e. The van der Waals surface area contributed by atoms with Crippen molar-refractivity contribution in [2.75, 3.05) is 26.7 Å². The van der Waals surface area contributed by atoms with Crippen LogP contribution >= 0.6 is 0 Å². The van der Waals surface area contributed by atoms with E-state index in [4.69, 9.17) is 0 Å². The van der Waals surface area contributed by atoms with Crippen molar-refractivity contribution >= 4 is 6.03 Å². The van der Waals surface area contributed by atoms with E-state index in [0.717, 1.165) is 37.8 Å². The van der Waals surface area contributed by atoms with E-state index in [0.29, 0.717) is 6.04 Å². The molecule has 3 atom stereocenters. The number of carbonyl (C=O) groups is 1. The van der Waals surface area contributed by atoms with Gasteiger partial charge in [-0.2, -0.15) is 0 Å². The van der Waals surface area contributed by atoms with E-state index in [1.807, 2.05) is 14.0 Å². The lowest BCUT2D eigenvalue weighted by Crippen LogP contribution is -2.46. The predicted octanol–water partition coefficient (Wildman–Crippen LogP) is 1.04. The maximum atomic E-state index is 11.7. The van der Waals surface area contributed by atoms with E-state index < -0.39 is 0 Å². The van der Waals surface area contributed by atoms with Crippen LogP contribution in [0.4, 0.5) is 4.79 Å². The topological polar surface area (TPSA) is 44.4 Å². The summed E-state index contributed by atoms with van der Waals surface area (Å²) in [5.74, 6) is 1.64. The number of urea groups is 1. The van der Waals surface area contributed by atoms with Gasteiger partial charge in [0.25, 0.3) is 0 Å². The largest absolute Gasteiger partial charge is 0.335 e. The molecule has 4 heteroatoms. The van der Waals surface area contributed by atoms with Gasteiger partial charge in [0.05, 0.1) is 0 Å². The second kappa shape index (κ2) is 5.04. The Morgan fingerprint density at radius 1 is 1.38 bits per heavy atom. The molecule has 2 N–H and O–H groups in total. The summed E-state index contributed by atoms with van der Waals surface area (Å²) in [6.45, 7) is 5.09. The first-order valence-electron chi connectivity index (χ1n) is 6.43. The van der Waals surface area contributed by atoms with Crippen LogP contribution in [0.5, 0.6) is 0 Å². The highest BCUT2D eigenvalue weighted by molar-refractivity contribution is 5.74. The first-order valence-corrected chi connectivity index (χ1v) is 6.43. The molecule has 1 heterocycles. The molecule has 2 fully saturated rings. The summed E-state index contributed by atoms with van der Waals surface area (Å²) in [6, 6.07) is 0.472. The van der Waals surface area contributed by atoms with Crippen LogP contribution < -0.4 is 10.6 Å². The third kappa shape index (κ3) is 2.48. The van der Waals surface area contributed by atoms with Crippen LogP contribution in [0.1, 0.15) is 26.2 Å². The van der Waals surface area contributed by atoms with Crippen LogP contribution in [0.2, 0.25) is 0 Å². The van der Waals surface area contributed by atoms with Crippen LogP contribution in [-0.4, -0.2) is 43.7 Å². The van der Waals surface area contributed by atoms with E-state index in [1.165, 1.54) is 13.0 Å². The average Bonchev–Trinajstić information content (AvgIpc) is 2.75. The van der Waals surface area contributed by atoms with Crippen molar-refractivity contribution in [3.8, 4) is 0 Å². The van der Waals surface area contributed by atoms with Gasteiger partial charge in [0.1, 0.15) is 0 Å². The highest BCUT2D eigenvalue weighted by Crippen LogP contribution is 2.32. The summed E-state index contributed by atoms with van der Waals surface area (Å²) in [6.07, 6.45) is 3.56. The number of hydrogen-bond donors (Lipinski definition) is 2. The maximum absolute atomic E-state index is 11.7. The van der Waals surface area contributed by atoms with Gasteiger partial charge < -0.3 is 15.5 Å². The molecule has 1 aliphatic carbocycles. The second-order valence-electron chi connectivity index (χ2n) is 5.15. The lowest BCUT2D eigenvalue weighted by Gasteiger charge is -2.32. The van der Waals surface area contributed by atoms with Crippen LogP contribution in [0, 0.1) is 11.8 Å². The first kappa shape index (κ1) is 11.7. The zero-order valence-corrected chi connectivity index (χ0v) is 10.3. The van der Waals surface area contributed by atoms with Crippen molar-refractivity contribution in [2.24, 2.45) is 11.8 Å². The number of nitrogens with one attached hydrogen (secondary N) is 2. The minimum absolute atomic E-state index is 0.0805. The first-order chi connectivity index (χ1) is 7.70. The molecule has 2 rings (SSSR count). The van der Waals surface area contributed by atoms with Crippen molar-refractivity contribution < 1.29 is 4.79 Å². The molecule has 0 aromatic carbocycles. The molecule has 0 aromatic heterocycles. The molecule has 1 saturated heterocycles. The molecule has 1 aliphatic heterocycles. The monoisotopic (exact) mass is 225 g/mol. The lowest BCUT2D eigenvalue weighted by molar-refractivity contribution is 0.191. The Balaban J connectivity index is 1.81. The fourth-order valence-corrected chi connectivity index (χ4v) is 2.86. The van der Waals surface area contributed by atoms with Crippen molar-refractivity contribution in [3.63, 3.8) is 0 Å². The molecule has 4 nitrogen and oxygen atoms in total. The van der Waals surface area contributed by atoms with Gasteiger partial charge in [0.2, 0.25) is 0 Å². The van der Waals surface area contributed by atoms with E-state index in [-0.39, 0.29) is 6.03 Å². The fourth-order valence-electron chi connectivity index (χ4n) is 2.86. The third-order valence-electron chi connectivity index (χ3n) is 4.10. The van der Waals surface area contributed by atoms with Gasteiger partial charge in [-0.3, -0.25) is 0 Å². The molecule has 1 saturated carbocycles. The molecule has 1 unspecified atom stereocenters. The van der Waals surface area contributed by atoms with Crippen molar-refractivity contribution in [1.82, 2.24) is 15.5 Å². The number of fused-ring (bicyclic) bond motifs is 1. The molecular formula is C12H23N3O. The highest BCUT2D eigenvalue weighted by atomic mass is 16.2. The maximum Gasteiger partial charge on any atom is 0.317 e. The summed E-state index contributed by atoms with van der Waals surface area (Å²) >= 11 is 0. The zero-order chi connectivity index (χ0) is 11.5. The third-order valence-corrected chi connectivity index (χ3v) is 4.10. The van der Waals surface area contributed by atoms with E-state index in [1.54, 1.807) is 4.90 Å². The van der Waals surface area contributed by atoms with E-state index in [2.05, 4.69) is 10.6 Å². The SMILES string of the molecule is CCN(C)C(=O)NC1CC[C@H]2CNC[C@H]2C1. The summed E-state index contributed by atoms with van der Waals surface area (Å²) in [5.41, 5.74) is 0. The van der Waals surface area contributed by atoms with Crippen molar-refractivity contribution in [3.05, 3.63) is 0 Å². The highest BCUT2D eigenvalue weighted by Gasteiger charge is 2.34. The quantitative estimate of drug-likeness (QED) is 0.737. The zero-order valence-electron chi connectivity index (χ0n) is 10.3. The summed E-state index contributed by atoms with van der Waals surface area (Å²) in [7, 11) is 1.85. The Hall–Kier alpha value is -0.770. The predicted molar refractivity (Wildman–Crippen MR) is 64.3 cm³/mol. The summed E-state index contributed by atoms with van der Waals surface area (Å²) in [4.78, 5) is 13.5. The van der Waals surface area contributed by atoms with Crippen molar-refractivity contribution in [2.45, 2.75) is 32.2 Å². The van der Waals surface area contributed by atoms with Crippen LogP contribution in [0.25, 0.3) is 0 Å². The second-order valence-corrected chi connectivity index (χ2v) is 5.15. The van der Waals surface area contributed by atoms with Crippen LogP contribution in [0.3, 0.4) is 0 Å². The molecule has 0 aromatic rings. The van der Waals surface area contributed by atoms with Gasteiger partial charge in [0, 0.05) is 19.6 Å². The Morgan fingerprint density at radius 2 is 2.12 bits per heavy atom. The fraction of sp³-hybridized carbons (Fsp3) is 0.917. The molecule has 0 bridgehead atoms. The smallest absolute Gasteiger partial charge is 0.317 e. The molecule has 0 spiro atoms. The summed E-state index contributed by atoms with van der Waals surface area (Å²) < 4.78 is 0. The number of rotatable bonds is 2. The van der Waals surface area contributed by atoms with Gasteiger partial charge in [0.15, 0.2) is 0 Å². The minimum atomic E-state index is 0.0805. The van der Waals surface area contributed by atoms with Gasteiger partial charge in [-0.15, -0.1) is 0 Å². The van der Waals surface area contributed by atoms with Crippen LogP contribution in [-0.2, 0) is 0 Å². The Morgan fingerprint density at radius 3 is 2.88 bits per heavy atom. The molecule has 92 valence electrons. The Bertz CT molecular complexity index is 257. The summed E-state index contributed by atoms with van der Waals surface area (Å²) in [5, 5.41) is 6.59. The number of carbonyl (C=O) groups excluding carboxylic acids is 1. The average molecular weight is 225 g/mol. The van der Waals surface area contributed by atoms with Crippen LogP contribution in [0.15, 0.2) is 0 Å². The van der Waals surface area contributed by atoms with Gasteiger partial charge in [-0.1, -0.05) is 0 Å². The van der Waals surface area contributed by atoms with Gasteiger partial charge in [-0.05, 0) is 51.1 Å². The van der Waals surface area contributed by atoms with E-state index in [9.17, 15) is 4.79 Å². The molecule has 0 radical (unpaired) electrons. The van der Waals surface area contributed by atoms with E-state index >= 15 is 0 Å². The van der Waals surface area contributed by atoms with Gasteiger partial charge >= 0.3 is 6.03 Å². The normalized spacial score (nSPS) is 33.2. The Kier molecular flexibility index (Phi) is 3.69. The molecule has 2 aliphatic rings. The number of hydrogen-bond acceptors (Lipinski definition) is 2. The standard InChI is InChI=1S/C12H23N3O/c1-3-15(2)12(16)14-11-5-4-9-7-13-8-10(9)6-11/h9-11,13H,3-8H2,1-2H3,(H,14,16)/t9-,10+,11?/m0/s1. The van der Waals surface area contributed by atoms with Gasteiger partial charge in [-0.25, -0.2) is 4.79 Å². The number of amides is 2. The Labute approximate surface area is 97.8 Å². The number of nitrogens with zero attached hydrogens (tertiary/aromatic N) is 1.